The summed E-state index contributed by atoms with van der Waals surface area (Å²) >= 11 is 0. The van der Waals surface area contributed by atoms with E-state index in [1.54, 1.807) is 42.3 Å². The zero-order chi connectivity index (χ0) is 22.7. The number of carboxylic acids is 1. The quantitative estimate of drug-likeness (QED) is 0.597. The van der Waals surface area contributed by atoms with Crippen molar-refractivity contribution in [1.82, 2.24) is 4.90 Å². The minimum absolute atomic E-state index is 0.106. The Kier molecular flexibility index (Phi) is 6.50. The molecule has 1 N–H and O–H groups in total. The van der Waals surface area contributed by atoms with E-state index < -0.39 is 23.8 Å². The second-order valence-corrected chi connectivity index (χ2v) is 7.82. The standard InChI is InChI=1S/C24H27NO7/c1-3-11-30-12-10-25-22(15-4-7-17(29-2)8-5-15)21(24(27)28)20(23(25)26)16-6-9-18-19(13-16)32-14-31-18/h4-9,13,20-22H,3,10-12,14H2,1-2H3,(H,27,28)/t20-,21-,22-/m1/s1. The number of carbonyl (C=O) groups excluding carboxylic acids is 1. The van der Waals surface area contributed by atoms with Gasteiger partial charge in [0.05, 0.1) is 31.6 Å². The van der Waals surface area contributed by atoms with Crippen molar-refractivity contribution in [3.8, 4) is 17.2 Å². The van der Waals surface area contributed by atoms with Crippen LogP contribution in [-0.2, 0) is 14.3 Å². The third kappa shape index (κ3) is 4.10. The lowest BCUT2D eigenvalue weighted by Crippen LogP contribution is -2.33. The SMILES string of the molecule is CCCOCCN1C(=O)[C@H](c2ccc3c(c2)OCO3)[C@@H](C(=O)O)[C@H]1c1ccc(OC)cc1. The molecular weight excluding hydrogens is 414 g/mol. The first kappa shape index (κ1) is 22.0. The maximum Gasteiger partial charge on any atom is 0.310 e. The molecule has 0 aromatic heterocycles. The first-order chi connectivity index (χ1) is 15.5. The maximum absolute atomic E-state index is 13.6. The van der Waals surface area contributed by atoms with Gasteiger partial charge in [-0.05, 0) is 41.8 Å². The van der Waals surface area contributed by atoms with Crippen molar-refractivity contribution in [2.75, 3.05) is 33.7 Å². The van der Waals surface area contributed by atoms with Crippen molar-refractivity contribution in [3.63, 3.8) is 0 Å². The summed E-state index contributed by atoms with van der Waals surface area (Å²) in [5.41, 5.74) is 1.34. The Balaban J connectivity index is 1.72. The van der Waals surface area contributed by atoms with Crippen LogP contribution in [0, 0.1) is 5.92 Å². The summed E-state index contributed by atoms with van der Waals surface area (Å²) in [6.45, 7) is 3.35. The molecule has 1 fully saturated rings. The lowest BCUT2D eigenvalue weighted by Gasteiger charge is -2.27. The van der Waals surface area contributed by atoms with E-state index in [9.17, 15) is 14.7 Å². The number of hydrogen-bond acceptors (Lipinski definition) is 6. The van der Waals surface area contributed by atoms with Gasteiger partial charge < -0.3 is 29.0 Å². The molecule has 0 spiro atoms. The first-order valence-electron chi connectivity index (χ1n) is 10.7. The van der Waals surface area contributed by atoms with E-state index >= 15 is 0 Å². The third-order valence-electron chi connectivity index (χ3n) is 5.91. The van der Waals surface area contributed by atoms with Crippen LogP contribution in [0.5, 0.6) is 17.2 Å². The van der Waals surface area contributed by atoms with Crippen LogP contribution in [0.3, 0.4) is 0 Å². The number of aliphatic carboxylic acids is 1. The molecule has 0 radical (unpaired) electrons. The van der Waals surface area contributed by atoms with E-state index in [4.69, 9.17) is 18.9 Å². The van der Waals surface area contributed by atoms with Crippen molar-refractivity contribution in [1.29, 1.82) is 0 Å². The number of hydrogen-bond donors (Lipinski definition) is 1. The molecule has 2 aromatic carbocycles. The number of carbonyl (C=O) groups is 2. The maximum atomic E-state index is 13.6. The molecular formula is C24H27NO7. The Hall–Kier alpha value is -3.26. The molecule has 0 unspecified atom stereocenters. The van der Waals surface area contributed by atoms with Crippen molar-refractivity contribution in [3.05, 3.63) is 53.6 Å². The second kappa shape index (κ2) is 9.48. The Morgan fingerprint density at radius 1 is 1.09 bits per heavy atom. The number of carboxylic acid groups (broad SMARTS) is 1. The highest BCUT2D eigenvalue weighted by Gasteiger charge is 2.53. The number of methoxy groups -OCH3 is 1. The van der Waals surface area contributed by atoms with Crippen LogP contribution in [0.15, 0.2) is 42.5 Å². The Labute approximate surface area is 186 Å². The molecule has 170 valence electrons. The summed E-state index contributed by atoms with van der Waals surface area (Å²) in [4.78, 5) is 27.7. The summed E-state index contributed by atoms with van der Waals surface area (Å²) in [5, 5.41) is 10.2. The largest absolute Gasteiger partial charge is 0.497 e. The zero-order valence-electron chi connectivity index (χ0n) is 18.2. The molecule has 0 aliphatic carbocycles. The molecule has 4 rings (SSSR count). The van der Waals surface area contributed by atoms with Crippen LogP contribution in [0.1, 0.15) is 36.4 Å². The van der Waals surface area contributed by atoms with Crippen LogP contribution in [-0.4, -0.2) is 55.5 Å². The molecule has 0 bridgehead atoms. The first-order valence-corrected chi connectivity index (χ1v) is 10.7. The van der Waals surface area contributed by atoms with Crippen molar-refractivity contribution >= 4 is 11.9 Å². The molecule has 1 amide bonds. The van der Waals surface area contributed by atoms with Crippen LogP contribution in [0.25, 0.3) is 0 Å². The Morgan fingerprint density at radius 2 is 1.81 bits per heavy atom. The van der Waals surface area contributed by atoms with Gasteiger partial charge in [0, 0.05) is 13.2 Å². The van der Waals surface area contributed by atoms with Gasteiger partial charge in [-0.2, -0.15) is 0 Å². The highest BCUT2D eigenvalue weighted by Crippen LogP contribution is 2.48. The summed E-state index contributed by atoms with van der Waals surface area (Å²) in [7, 11) is 1.57. The fraction of sp³-hybridized carbons (Fsp3) is 0.417. The Bertz CT molecular complexity index is 975. The fourth-order valence-electron chi connectivity index (χ4n) is 4.43. The number of fused-ring (bicyclic) bond motifs is 1. The average molecular weight is 441 g/mol. The lowest BCUT2D eigenvalue weighted by molar-refractivity contribution is -0.143. The normalized spacial score (nSPS) is 21.8. The summed E-state index contributed by atoms with van der Waals surface area (Å²) < 4.78 is 21.7. The molecule has 1 saturated heterocycles. The van der Waals surface area contributed by atoms with Gasteiger partial charge in [0.25, 0.3) is 0 Å². The topological polar surface area (TPSA) is 94.5 Å². The highest BCUT2D eigenvalue weighted by molar-refractivity contribution is 5.94. The predicted octanol–water partition coefficient (Wildman–Crippen LogP) is 3.22. The minimum Gasteiger partial charge on any atom is -0.497 e. The number of amides is 1. The molecule has 2 aliphatic rings. The van der Waals surface area contributed by atoms with Gasteiger partial charge in [-0.3, -0.25) is 9.59 Å². The summed E-state index contributed by atoms with van der Waals surface area (Å²) in [6.07, 6.45) is 0.868. The number of likely N-dealkylation sites (tertiary alicyclic amines) is 1. The number of rotatable bonds is 9. The van der Waals surface area contributed by atoms with Crippen LogP contribution < -0.4 is 14.2 Å². The van der Waals surface area contributed by atoms with Crippen molar-refractivity contribution in [2.24, 2.45) is 5.92 Å². The van der Waals surface area contributed by atoms with Crippen molar-refractivity contribution in [2.45, 2.75) is 25.3 Å². The molecule has 8 heteroatoms. The van der Waals surface area contributed by atoms with E-state index in [0.29, 0.717) is 42.6 Å². The summed E-state index contributed by atoms with van der Waals surface area (Å²) in [5.74, 6) is -1.32. The number of nitrogens with zero attached hydrogens (tertiary/aromatic N) is 1. The van der Waals surface area contributed by atoms with E-state index in [-0.39, 0.29) is 12.7 Å². The van der Waals surface area contributed by atoms with Gasteiger partial charge in [-0.25, -0.2) is 0 Å². The molecule has 32 heavy (non-hydrogen) atoms. The fourth-order valence-corrected chi connectivity index (χ4v) is 4.43. The van der Waals surface area contributed by atoms with Gasteiger partial charge in [-0.1, -0.05) is 25.1 Å². The van der Waals surface area contributed by atoms with E-state index in [1.165, 1.54) is 0 Å². The predicted molar refractivity (Wildman–Crippen MR) is 115 cm³/mol. The molecule has 3 atom stereocenters. The third-order valence-corrected chi connectivity index (χ3v) is 5.91. The smallest absolute Gasteiger partial charge is 0.310 e. The number of benzene rings is 2. The van der Waals surface area contributed by atoms with Crippen LogP contribution >= 0.6 is 0 Å². The monoisotopic (exact) mass is 441 g/mol. The molecule has 8 nitrogen and oxygen atoms in total. The van der Waals surface area contributed by atoms with Crippen molar-refractivity contribution < 1.29 is 33.6 Å². The van der Waals surface area contributed by atoms with Gasteiger partial charge in [-0.15, -0.1) is 0 Å². The minimum atomic E-state index is -1.03. The van der Waals surface area contributed by atoms with E-state index in [0.717, 1.165) is 12.0 Å². The van der Waals surface area contributed by atoms with Crippen LogP contribution in [0.4, 0.5) is 0 Å². The highest BCUT2D eigenvalue weighted by atomic mass is 16.7. The molecule has 0 saturated carbocycles. The van der Waals surface area contributed by atoms with E-state index in [1.807, 2.05) is 19.1 Å². The van der Waals surface area contributed by atoms with Gasteiger partial charge in [0.2, 0.25) is 12.7 Å². The lowest BCUT2D eigenvalue weighted by atomic mass is 9.82. The Morgan fingerprint density at radius 3 is 2.50 bits per heavy atom. The van der Waals surface area contributed by atoms with Crippen LogP contribution in [0.2, 0.25) is 0 Å². The van der Waals surface area contributed by atoms with E-state index in [2.05, 4.69) is 0 Å². The number of ether oxygens (including phenoxy) is 4. The summed E-state index contributed by atoms with van der Waals surface area (Å²) in [6, 6.07) is 11.7. The zero-order valence-corrected chi connectivity index (χ0v) is 18.2. The van der Waals surface area contributed by atoms with Gasteiger partial charge >= 0.3 is 5.97 Å². The van der Waals surface area contributed by atoms with Gasteiger partial charge in [0.1, 0.15) is 5.75 Å². The average Bonchev–Trinajstić information content (AvgIpc) is 3.38. The second-order valence-electron chi connectivity index (χ2n) is 7.82. The molecule has 2 aliphatic heterocycles. The molecule has 2 aromatic rings. The molecule has 2 heterocycles. The van der Waals surface area contributed by atoms with Gasteiger partial charge in [0.15, 0.2) is 11.5 Å².